The van der Waals surface area contributed by atoms with E-state index in [4.69, 9.17) is 0 Å². The normalized spacial score (nSPS) is 10.7. The van der Waals surface area contributed by atoms with Crippen molar-refractivity contribution in [3.63, 3.8) is 0 Å². The van der Waals surface area contributed by atoms with Crippen molar-refractivity contribution in [1.29, 1.82) is 0 Å². The van der Waals surface area contributed by atoms with E-state index in [1.807, 2.05) is 60.1 Å². The first-order chi connectivity index (χ1) is 8.78. The number of fused-ring (bicyclic) bond motifs is 1. The number of hydrogen-bond donors (Lipinski definition) is 0. The van der Waals surface area contributed by atoms with Gasteiger partial charge in [0.25, 0.3) is 0 Å². The van der Waals surface area contributed by atoms with Crippen LogP contribution >= 0.6 is 0 Å². The fraction of sp³-hybridized carbons (Fsp3) is 0.0667. The number of benzene rings is 1. The Hall–Kier alpha value is -2.42. The third-order valence-electron chi connectivity index (χ3n) is 2.91. The molecule has 0 saturated carbocycles. The summed E-state index contributed by atoms with van der Waals surface area (Å²) < 4.78 is 1.90. The molecule has 3 nitrogen and oxygen atoms in total. The molecule has 0 atom stereocenters. The maximum atomic E-state index is 11.1. The Bertz CT molecular complexity index is 714. The fourth-order valence-corrected chi connectivity index (χ4v) is 2.11. The molecule has 3 aromatic rings. The van der Waals surface area contributed by atoms with Crippen LogP contribution in [0.5, 0.6) is 0 Å². The van der Waals surface area contributed by atoms with Crippen molar-refractivity contribution >= 4 is 11.9 Å². The van der Waals surface area contributed by atoms with Crippen LogP contribution in [0.2, 0.25) is 0 Å². The third-order valence-corrected chi connectivity index (χ3v) is 2.91. The number of aldehydes is 1. The number of pyridine rings is 1. The first kappa shape index (κ1) is 10.7. The molecule has 0 N–H and O–H groups in total. The van der Waals surface area contributed by atoms with Gasteiger partial charge in [-0.05, 0) is 18.6 Å². The highest BCUT2D eigenvalue weighted by Crippen LogP contribution is 2.20. The van der Waals surface area contributed by atoms with Crippen molar-refractivity contribution in [2.75, 3.05) is 0 Å². The zero-order valence-electron chi connectivity index (χ0n) is 10.00. The zero-order valence-corrected chi connectivity index (χ0v) is 10.00. The molecular weight excluding hydrogens is 224 g/mol. The van der Waals surface area contributed by atoms with Gasteiger partial charge in [0.2, 0.25) is 0 Å². The first-order valence-electron chi connectivity index (χ1n) is 5.78. The minimum absolute atomic E-state index is 0.622. The second-order valence-corrected chi connectivity index (χ2v) is 4.31. The van der Waals surface area contributed by atoms with Gasteiger partial charge in [-0.1, -0.05) is 30.3 Å². The largest absolute Gasteiger partial charge is 0.306 e. The molecule has 2 aromatic heterocycles. The molecule has 0 aliphatic carbocycles. The molecule has 18 heavy (non-hydrogen) atoms. The van der Waals surface area contributed by atoms with Crippen LogP contribution in [0, 0.1) is 6.92 Å². The lowest BCUT2D eigenvalue weighted by Gasteiger charge is -1.98. The molecule has 0 amide bonds. The van der Waals surface area contributed by atoms with Crippen molar-refractivity contribution in [3.8, 4) is 11.3 Å². The van der Waals surface area contributed by atoms with E-state index >= 15 is 0 Å². The van der Waals surface area contributed by atoms with Crippen molar-refractivity contribution in [2.45, 2.75) is 6.92 Å². The van der Waals surface area contributed by atoms with Crippen LogP contribution in [0.1, 0.15) is 15.9 Å². The summed E-state index contributed by atoms with van der Waals surface area (Å²) in [4.78, 5) is 15.6. The number of aromatic nitrogens is 2. The zero-order chi connectivity index (χ0) is 12.5. The molecule has 0 aliphatic rings. The van der Waals surface area contributed by atoms with Gasteiger partial charge in [-0.25, -0.2) is 4.98 Å². The number of carbonyl (C=O) groups excluding carboxylic acids is 1. The van der Waals surface area contributed by atoms with Gasteiger partial charge in [0.15, 0.2) is 6.29 Å². The molecule has 0 saturated heterocycles. The molecule has 88 valence electrons. The summed E-state index contributed by atoms with van der Waals surface area (Å²) >= 11 is 0. The summed E-state index contributed by atoms with van der Waals surface area (Å²) in [6.07, 6.45) is 4.77. The van der Waals surface area contributed by atoms with Crippen LogP contribution in [-0.2, 0) is 0 Å². The van der Waals surface area contributed by atoms with E-state index in [1.54, 1.807) is 0 Å². The number of rotatable bonds is 2. The van der Waals surface area contributed by atoms with Crippen molar-refractivity contribution in [2.24, 2.45) is 0 Å². The fourth-order valence-electron chi connectivity index (χ4n) is 2.11. The van der Waals surface area contributed by atoms with Gasteiger partial charge in [-0.3, -0.25) is 4.79 Å². The molecule has 0 radical (unpaired) electrons. The van der Waals surface area contributed by atoms with E-state index < -0.39 is 0 Å². The van der Waals surface area contributed by atoms with Crippen molar-refractivity contribution in [3.05, 3.63) is 59.9 Å². The summed E-state index contributed by atoms with van der Waals surface area (Å²) in [6, 6.07) is 11.8. The van der Waals surface area contributed by atoms with Crippen molar-refractivity contribution < 1.29 is 4.79 Å². The highest BCUT2D eigenvalue weighted by Gasteiger charge is 2.08. The molecule has 0 bridgehead atoms. The van der Waals surface area contributed by atoms with Gasteiger partial charge >= 0.3 is 0 Å². The Kier molecular flexibility index (Phi) is 2.45. The van der Waals surface area contributed by atoms with Gasteiger partial charge in [0.1, 0.15) is 5.65 Å². The van der Waals surface area contributed by atoms with Gasteiger partial charge in [-0.15, -0.1) is 0 Å². The van der Waals surface area contributed by atoms with Gasteiger partial charge in [-0.2, -0.15) is 0 Å². The summed E-state index contributed by atoms with van der Waals surface area (Å²) in [7, 11) is 0. The maximum Gasteiger partial charge on any atom is 0.153 e. The highest BCUT2D eigenvalue weighted by molar-refractivity contribution is 5.85. The third kappa shape index (κ3) is 1.70. The van der Waals surface area contributed by atoms with E-state index in [1.165, 1.54) is 0 Å². The van der Waals surface area contributed by atoms with Gasteiger partial charge in [0.05, 0.1) is 11.3 Å². The van der Waals surface area contributed by atoms with Gasteiger partial charge in [0, 0.05) is 18.0 Å². The van der Waals surface area contributed by atoms with Crippen LogP contribution in [-0.4, -0.2) is 15.7 Å². The smallest absolute Gasteiger partial charge is 0.153 e. The van der Waals surface area contributed by atoms with Crippen LogP contribution in [0.4, 0.5) is 0 Å². The Balaban J connectivity index is 2.26. The minimum Gasteiger partial charge on any atom is -0.306 e. The lowest BCUT2D eigenvalue weighted by molar-refractivity contribution is 0.112. The summed E-state index contributed by atoms with van der Waals surface area (Å²) in [5, 5.41) is 0. The van der Waals surface area contributed by atoms with Crippen molar-refractivity contribution in [1.82, 2.24) is 9.38 Å². The molecule has 1 aromatic carbocycles. The number of aryl methyl sites for hydroxylation is 1. The second kappa shape index (κ2) is 4.11. The Morgan fingerprint density at radius 3 is 2.67 bits per heavy atom. The lowest BCUT2D eigenvalue weighted by Crippen LogP contribution is -1.91. The van der Waals surface area contributed by atoms with E-state index in [0.717, 1.165) is 23.1 Å². The molecule has 0 aliphatic heterocycles. The molecular formula is C15H12N2O. The van der Waals surface area contributed by atoms with Crippen LogP contribution in [0.15, 0.2) is 48.8 Å². The van der Waals surface area contributed by atoms with Crippen LogP contribution < -0.4 is 0 Å². The number of carbonyl (C=O) groups is 1. The summed E-state index contributed by atoms with van der Waals surface area (Å²) in [6.45, 7) is 1.97. The highest BCUT2D eigenvalue weighted by atomic mass is 16.1. The quantitative estimate of drug-likeness (QED) is 0.641. The van der Waals surface area contributed by atoms with E-state index in [-0.39, 0.29) is 0 Å². The molecule has 0 spiro atoms. The summed E-state index contributed by atoms with van der Waals surface area (Å²) in [5.41, 5.74) is 4.30. The topological polar surface area (TPSA) is 34.4 Å². The number of nitrogens with zero attached hydrogens (tertiary/aromatic N) is 2. The average Bonchev–Trinajstić information content (AvgIpc) is 2.82. The molecule has 0 fully saturated rings. The first-order valence-corrected chi connectivity index (χ1v) is 5.78. The molecule has 0 unspecified atom stereocenters. The Morgan fingerprint density at radius 2 is 1.94 bits per heavy atom. The number of imidazole rings is 1. The monoisotopic (exact) mass is 236 g/mol. The minimum atomic E-state index is 0.622. The van der Waals surface area contributed by atoms with E-state index in [2.05, 4.69) is 4.98 Å². The predicted octanol–water partition coefficient (Wildman–Crippen LogP) is 3.12. The lowest BCUT2D eigenvalue weighted by atomic mass is 10.2. The van der Waals surface area contributed by atoms with E-state index in [0.29, 0.717) is 11.2 Å². The van der Waals surface area contributed by atoms with Gasteiger partial charge < -0.3 is 4.40 Å². The summed E-state index contributed by atoms with van der Waals surface area (Å²) in [5.74, 6) is 0. The maximum absolute atomic E-state index is 11.1. The molecule has 3 rings (SSSR count). The standard InChI is InChI=1S/C15H12N2O/c1-11-7-13(10-18)15-16-14(9-17(15)8-11)12-5-3-2-4-6-12/h2-10H,1H3. The second-order valence-electron chi connectivity index (χ2n) is 4.31. The Labute approximate surface area is 105 Å². The molecule has 3 heteroatoms. The average molecular weight is 236 g/mol. The van der Waals surface area contributed by atoms with E-state index in [9.17, 15) is 4.79 Å². The molecule has 2 heterocycles. The van der Waals surface area contributed by atoms with Crippen LogP contribution in [0.3, 0.4) is 0 Å². The predicted molar refractivity (Wildman–Crippen MR) is 70.8 cm³/mol. The Morgan fingerprint density at radius 1 is 1.17 bits per heavy atom. The van der Waals surface area contributed by atoms with Crippen LogP contribution in [0.25, 0.3) is 16.9 Å². The SMILES string of the molecule is Cc1cc(C=O)c2nc(-c3ccccc3)cn2c1. The number of hydrogen-bond acceptors (Lipinski definition) is 2.